The molecule has 1 aliphatic heterocycles. The Labute approximate surface area is 193 Å². The minimum atomic E-state index is -0.356. The van der Waals surface area contributed by atoms with Crippen LogP contribution in [0.15, 0.2) is 42.5 Å². The Morgan fingerprint density at radius 1 is 1.09 bits per heavy atom. The molecule has 4 aromatic rings. The summed E-state index contributed by atoms with van der Waals surface area (Å²) in [5.74, 6) is 0.866. The topological polar surface area (TPSA) is 78.3 Å². The van der Waals surface area contributed by atoms with Crippen molar-refractivity contribution >= 4 is 22.9 Å². The molecule has 2 aromatic heterocycles. The number of anilines is 1. The number of hydrogen-bond donors (Lipinski definition) is 1. The van der Waals surface area contributed by atoms with Gasteiger partial charge in [-0.3, -0.25) is 4.79 Å². The monoisotopic (exact) mass is 464 g/mol. The number of nitrogens with zero attached hydrogens (tertiary/aromatic N) is 3. The Kier molecular flexibility index (Phi) is 5.33. The summed E-state index contributed by atoms with van der Waals surface area (Å²) in [6, 6.07) is 11.6. The van der Waals surface area contributed by atoms with Gasteiger partial charge in [0.2, 0.25) is 11.9 Å². The van der Waals surface area contributed by atoms with Crippen LogP contribution in [-0.4, -0.2) is 27.5 Å². The molecule has 1 aliphatic rings. The van der Waals surface area contributed by atoms with Crippen LogP contribution < -0.4 is 14.8 Å². The predicted molar refractivity (Wildman–Crippen MR) is 123 cm³/mol. The van der Waals surface area contributed by atoms with Gasteiger partial charge in [-0.05, 0) is 62.7 Å². The summed E-state index contributed by atoms with van der Waals surface area (Å²) in [6.45, 7) is 6.00. The van der Waals surface area contributed by atoms with E-state index < -0.39 is 0 Å². The van der Waals surface area contributed by atoms with Gasteiger partial charge in [0.15, 0.2) is 11.5 Å². The van der Waals surface area contributed by atoms with Gasteiger partial charge >= 0.3 is 0 Å². The lowest BCUT2D eigenvalue weighted by molar-refractivity contribution is 0.102. The fourth-order valence-corrected chi connectivity index (χ4v) is 4.74. The molecule has 0 fully saturated rings. The fourth-order valence-electron chi connectivity index (χ4n) is 3.78. The number of benzene rings is 2. The molecule has 7 nitrogen and oxygen atoms in total. The standard InChI is InChI=1S/C24H21FN4O3S/c1-13-19(10-16-4-9-20-21(11-16)32-12-31-20)15(3)29(28-13)24-26-14(2)22(33-24)23(30)27-18-7-5-17(25)6-8-18/h4-9,11H,10,12H2,1-3H3,(H,27,30). The lowest BCUT2D eigenvalue weighted by atomic mass is 10.0. The van der Waals surface area contributed by atoms with Crippen molar-refractivity contribution in [3.63, 3.8) is 0 Å². The van der Waals surface area contributed by atoms with Gasteiger partial charge in [-0.1, -0.05) is 17.4 Å². The summed E-state index contributed by atoms with van der Waals surface area (Å²) in [6.07, 6.45) is 0.691. The van der Waals surface area contributed by atoms with Gasteiger partial charge < -0.3 is 14.8 Å². The molecular weight excluding hydrogens is 443 g/mol. The summed E-state index contributed by atoms with van der Waals surface area (Å²) < 4.78 is 25.8. The number of halogens is 1. The van der Waals surface area contributed by atoms with Crippen molar-refractivity contribution in [1.82, 2.24) is 14.8 Å². The van der Waals surface area contributed by atoms with Crippen molar-refractivity contribution in [2.24, 2.45) is 0 Å². The van der Waals surface area contributed by atoms with Crippen LogP contribution in [-0.2, 0) is 6.42 Å². The van der Waals surface area contributed by atoms with Crippen molar-refractivity contribution in [3.05, 3.63) is 81.4 Å². The zero-order chi connectivity index (χ0) is 23.1. The lowest BCUT2D eigenvalue weighted by Gasteiger charge is -2.05. The smallest absolute Gasteiger partial charge is 0.267 e. The van der Waals surface area contributed by atoms with E-state index in [0.29, 0.717) is 27.8 Å². The first-order chi connectivity index (χ1) is 15.9. The highest BCUT2D eigenvalue weighted by Gasteiger charge is 2.21. The Balaban J connectivity index is 1.40. The number of carbonyl (C=O) groups excluding carboxylic acids is 1. The third-order valence-corrected chi connectivity index (χ3v) is 6.67. The van der Waals surface area contributed by atoms with E-state index in [2.05, 4.69) is 10.3 Å². The number of nitrogens with one attached hydrogen (secondary N) is 1. The highest BCUT2D eigenvalue weighted by atomic mass is 32.1. The minimum Gasteiger partial charge on any atom is -0.454 e. The van der Waals surface area contributed by atoms with Crippen LogP contribution in [0.4, 0.5) is 10.1 Å². The van der Waals surface area contributed by atoms with Gasteiger partial charge in [-0.2, -0.15) is 5.10 Å². The molecule has 0 unspecified atom stereocenters. The highest BCUT2D eigenvalue weighted by molar-refractivity contribution is 7.16. The average molecular weight is 465 g/mol. The van der Waals surface area contributed by atoms with E-state index in [9.17, 15) is 9.18 Å². The quantitative estimate of drug-likeness (QED) is 0.451. The molecule has 0 saturated heterocycles. The maximum absolute atomic E-state index is 13.1. The van der Waals surface area contributed by atoms with Gasteiger partial charge in [-0.25, -0.2) is 14.1 Å². The second-order valence-corrected chi connectivity index (χ2v) is 8.78. The summed E-state index contributed by atoms with van der Waals surface area (Å²) in [7, 11) is 0. The molecule has 9 heteroatoms. The minimum absolute atomic E-state index is 0.245. The molecular formula is C24H21FN4O3S. The largest absolute Gasteiger partial charge is 0.454 e. The molecule has 0 bridgehead atoms. The third kappa shape index (κ3) is 4.07. The Morgan fingerprint density at radius 2 is 1.85 bits per heavy atom. The van der Waals surface area contributed by atoms with E-state index >= 15 is 0 Å². The van der Waals surface area contributed by atoms with Gasteiger partial charge in [0, 0.05) is 23.4 Å². The molecule has 168 valence electrons. The number of ether oxygens (including phenoxy) is 2. The molecule has 0 aliphatic carbocycles. The van der Waals surface area contributed by atoms with Gasteiger partial charge in [0.1, 0.15) is 10.7 Å². The Hall–Kier alpha value is -3.72. The molecule has 33 heavy (non-hydrogen) atoms. The number of carbonyl (C=O) groups is 1. The van der Waals surface area contributed by atoms with E-state index in [-0.39, 0.29) is 18.5 Å². The van der Waals surface area contributed by atoms with Crippen molar-refractivity contribution in [2.45, 2.75) is 27.2 Å². The highest BCUT2D eigenvalue weighted by Crippen LogP contribution is 2.34. The summed E-state index contributed by atoms with van der Waals surface area (Å²) in [5, 5.41) is 8.10. The molecule has 1 amide bonds. The number of thiazole rings is 1. The van der Waals surface area contributed by atoms with Gasteiger partial charge in [0.25, 0.3) is 5.91 Å². The zero-order valence-corrected chi connectivity index (χ0v) is 19.1. The van der Waals surface area contributed by atoms with E-state index in [1.54, 1.807) is 11.6 Å². The first kappa shape index (κ1) is 21.1. The Morgan fingerprint density at radius 3 is 2.64 bits per heavy atom. The maximum atomic E-state index is 13.1. The number of aromatic nitrogens is 3. The number of aryl methyl sites for hydroxylation is 2. The van der Waals surface area contributed by atoms with Crippen LogP contribution in [0.5, 0.6) is 11.5 Å². The third-order valence-electron chi connectivity index (χ3n) is 5.53. The number of rotatable bonds is 5. The molecule has 3 heterocycles. The molecule has 5 rings (SSSR count). The summed E-state index contributed by atoms with van der Waals surface area (Å²) in [5.41, 5.74) is 5.19. The molecule has 0 spiro atoms. The molecule has 0 atom stereocenters. The second kappa shape index (κ2) is 8.32. The van der Waals surface area contributed by atoms with Crippen molar-refractivity contribution in [1.29, 1.82) is 0 Å². The van der Waals surface area contributed by atoms with Crippen LogP contribution in [0.3, 0.4) is 0 Å². The van der Waals surface area contributed by atoms with E-state index in [4.69, 9.17) is 14.6 Å². The van der Waals surface area contributed by atoms with Crippen LogP contribution in [0.1, 0.15) is 37.9 Å². The summed E-state index contributed by atoms with van der Waals surface area (Å²) >= 11 is 1.27. The van der Waals surface area contributed by atoms with Crippen molar-refractivity contribution < 1.29 is 18.7 Å². The molecule has 1 N–H and O–H groups in total. The van der Waals surface area contributed by atoms with Gasteiger partial charge in [0.05, 0.1) is 11.4 Å². The molecule has 2 aromatic carbocycles. The van der Waals surface area contributed by atoms with Gasteiger partial charge in [-0.15, -0.1) is 0 Å². The average Bonchev–Trinajstić information content (AvgIpc) is 3.49. The normalized spacial score (nSPS) is 12.2. The van der Waals surface area contributed by atoms with Crippen LogP contribution in [0, 0.1) is 26.6 Å². The number of hydrogen-bond acceptors (Lipinski definition) is 6. The predicted octanol–water partition coefficient (Wildman–Crippen LogP) is 4.96. The van der Waals surface area contributed by atoms with Crippen LogP contribution in [0.25, 0.3) is 5.13 Å². The van der Waals surface area contributed by atoms with E-state index in [1.807, 2.05) is 32.0 Å². The molecule has 0 radical (unpaired) electrons. The van der Waals surface area contributed by atoms with Crippen LogP contribution >= 0.6 is 11.3 Å². The first-order valence-electron chi connectivity index (χ1n) is 10.4. The first-order valence-corrected chi connectivity index (χ1v) is 11.2. The van der Waals surface area contributed by atoms with E-state index in [0.717, 1.165) is 34.0 Å². The Bertz CT molecular complexity index is 1360. The molecule has 0 saturated carbocycles. The zero-order valence-electron chi connectivity index (χ0n) is 18.3. The summed E-state index contributed by atoms with van der Waals surface area (Å²) in [4.78, 5) is 17.8. The fraction of sp³-hybridized carbons (Fsp3) is 0.208. The number of amides is 1. The maximum Gasteiger partial charge on any atom is 0.267 e. The lowest BCUT2D eigenvalue weighted by Crippen LogP contribution is -2.11. The van der Waals surface area contributed by atoms with Crippen molar-refractivity contribution in [2.75, 3.05) is 12.1 Å². The van der Waals surface area contributed by atoms with Crippen molar-refractivity contribution in [3.8, 4) is 16.6 Å². The van der Waals surface area contributed by atoms with E-state index in [1.165, 1.54) is 35.6 Å². The number of fused-ring (bicyclic) bond motifs is 1. The second-order valence-electron chi connectivity index (χ2n) is 7.80. The SMILES string of the molecule is Cc1nc(-n2nc(C)c(Cc3ccc4c(c3)OCO4)c2C)sc1C(=O)Nc1ccc(F)cc1. The van der Waals surface area contributed by atoms with Crippen LogP contribution in [0.2, 0.25) is 0 Å².